The molecule has 0 aromatic carbocycles. The number of likely N-dealkylation sites (N-methyl/N-ethyl adjacent to an activating group) is 1. The molecule has 14 heavy (non-hydrogen) atoms. The smallest absolute Gasteiger partial charge is 0.146 e. The maximum absolute atomic E-state index is 9.64. The standard InChI is InChI=1S/C10H19NO3/c1-11-7-3-8(12)5-9(11)10(4-7)14-6-13-2/h7-10,12H,3-6H2,1-2H3/t7-,8-,9+,10+/m0/s1. The second-order valence-electron chi connectivity index (χ2n) is 4.36. The number of methoxy groups -OCH3 is 1. The molecule has 0 saturated carbocycles. The van der Waals surface area contributed by atoms with Gasteiger partial charge in [0.05, 0.1) is 12.2 Å². The van der Waals surface area contributed by atoms with Crippen LogP contribution in [0.15, 0.2) is 0 Å². The van der Waals surface area contributed by atoms with E-state index >= 15 is 0 Å². The fraction of sp³-hybridized carbons (Fsp3) is 1.00. The van der Waals surface area contributed by atoms with Crippen molar-refractivity contribution in [3.63, 3.8) is 0 Å². The van der Waals surface area contributed by atoms with Crippen LogP contribution in [0.1, 0.15) is 19.3 Å². The quantitative estimate of drug-likeness (QED) is 0.662. The van der Waals surface area contributed by atoms with Gasteiger partial charge in [-0.2, -0.15) is 0 Å². The van der Waals surface area contributed by atoms with Crippen LogP contribution in [0.5, 0.6) is 0 Å². The number of nitrogens with zero attached hydrogens (tertiary/aromatic N) is 1. The molecule has 82 valence electrons. The molecule has 2 rings (SSSR count). The highest BCUT2D eigenvalue weighted by molar-refractivity contribution is 4.99. The Labute approximate surface area is 84.8 Å². The average molecular weight is 201 g/mol. The van der Waals surface area contributed by atoms with Crippen LogP contribution in [0.2, 0.25) is 0 Å². The zero-order valence-electron chi connectivity index (χ0n) is 8.85. The fourth-order valence-electron chi connectivity index (χ4n) is 2.73. The number of aliphatic hydroxyl groups excluding tert-OH is 1. The molecule has 0 radical (unpaired) electrons. The molecule has 2 aliphatic heterocycles. The molecule has 0 spiro atoms. The molecule has 0 aromatic heterocycles. The first-order valence-corrected chi connectivity index (χ1v) is 5.23. The van der Waals surface area contributed by atoms with Crippen LogP contribution in [0.25, 0.3) is 0 Å². The van der Waals surface area contributed by atoms with Gasteiger partial charge in [-0.15, -0.1) is 0 Å². The first-order valence-electron chi connectivity index (χ1n) is 5.23. The van der Waals surface area contributed by atoms with Gasteiger partial charge in [-0.05, 0) is 26.3 Å². The summed E-state index contributed by atoms with van der Waals surface area (Å²) in [6, 6.07) is 0.865. The van der Waals surface area contributed by atoms with Crippen molar-refractivity contribution in [2.45, 2.75) is 43.6 Å². The number of aliphatic hydroxyl groups is 1. The Morgan fingerprint density at radius 1 is 1.36 bits per heavy atom. The minimum absolute atomic E-state index is 0.141. The highest BCUT2D eigenvalue weighted by atomic mass is 16.7. The monoisotopic (exact) mass is 201 g/mol. The molecule has 4 heteroatoms. The highest BCUT2D eigenvalue weighted by Crippen LogP contribution is 2.36. The Bertz CT molecular complexity index is 200. The summed E-state index contributed by atoms with van der Waals surface area (Å²) in [5, 5.41) is 9.64. The third-order valence-electron chi connectivity index (χ3n) is 3.49. The molecule has 2 aliphatic rings. The second kappa shape index (κ2) is 4.14. The van der Waals surface area contributed by atoms with Crippen molar-refractivity contribution in [1.29, 1.82) is 0 Å². The summed E-state index contributed by atoms with van der Waals surface area (Å²) in [6.45, 7) is 0.359. The lowest BCUT2D eigenvalue weighted by molar-refractivity contribution is -0.0851. The predicted molar refractivity (Wildman–Crippen MR) is 51.9 cm³/mol. The Morgan fingerprint density at radius 2 is 2.14 bits per heavy atom. The number of hydrogen-bond donors (Lipinski definition) is 1. The summed E-state index contributed by atoms with van der Waals surface area (Å²) in [5.74, 6) is 0. The average Bonchev–Trinajstić information content (AvgIpc) is 2.36. The van der Waals surface area contributed by atoms with Gasteiger partial charge >= 0.3 is 0 Å². The zero-order valence-corrected chi connectivity index (χ0v) is 8.85. The first-order chi connectivity index (χ1) is 6.72. The molecular weight excluding hydrogens is 182 g/mol. The van der Waals surface area contributed by atoms with E-state index in [2.05, 4.69) is 11.9 Å². The van der Waals surface area contributed by atoms with Crippen LogP contribution in [0.4, 0.5) is 0 Å². The summed E-state index contributed by atoms with van der Waals surface area (Å²) in [4.78, 5) is 2.34. The predicted octanol–water partition coefficient (Wildman–Crippen LogP) is 0.203. The second-order valence-corrected chi connectivity index (χ2v) is 4.36. The van der Waals surface area contributed by atoms with Gasteiger partial charge in [0.25, 0.3) is 0 Å². The number of ether oxygens (including phenoxy) is 2. The van der Waals surface area contributed by atoms with Crippen LogP contribution in [-0.4, -0.2) is 55.2 Å². The Morgan fingerprint density at radius 3 is 2.86 bits per heavy atom. The lowest BCUT2D eigenvalue weighted by Crippen LogP contribution is -2.44. The van der Waals surface area contributed by atoms with Gasteiger partial charge in [0, 0.05) is 19.2 Å². The van der Waals surface area contributed by atoms with Crippen molar-refractivity contribution < 1.29 is 14.6 Å². The van der Waals surface area contributed by atoms with Crippen LogP contribution in [-0.2, 0) is 9.47 Å². The van der Waals surface area contributed by atoms with E-state index in [-0.39, 0.29) is 12.2 Å². The van der Waals surface area contributed by atoms with Crippen LogP contribution in [0.3, 0.4) is 0 Å². The lowest BCUT2D eigenvalue weighted by atomic mass is 10.0. The van der Waals surface area contributed by atoms with Crippen molar-refractivity contribution in [3.8, 4) is 0 Å². The van der Waals surface area contributed by atoms with Crippen LogP contribution in [0, 0.1) is 0 Å². The molecule has 0 amide bonds. The molecule has 0 aliphatic carbocycles. The van der Waals surface area contributed by atoms with Crippen molar-refractivity contribution in [2.24, 2.45) is 0 Å². The lowest BCUT2D eigenvalue weighted by Gasteiger charge is -2.34. The van der Waals surface area contributed by atoms with Gasteiger partial charge in [0.1, 0.15) is 6.79 Å². The Kier molecular flexibility index (Phi) is 3.07. The normalized spacial score (nSPS) is 43.1. The maximum Gasteiger partial charge on any atom is 0.146 e. The first kappa shape index (κ1) is 10.4. The minimum Gasteiger partial charge on any atom is -0.393 e. The molecule has 2 fully saturated rings. The zero-order chi connectivity index (χ0) is 10.1. The Hall–Kier alpha value is -0.160. The van der Waals surface area contributed by atoms with E-state index < -0.39 is 0 Å². The summed E-state index contributed by atoms with van der Waals surface area (Å²) in [7, 11) is 3.76. The van der Waals surface area contributed by atoms with Crippen LogP contribution < -0.4 is 0 Å². The van der Waals surface area contributed by atoms with Crippen molar-refractivity contribution >= 4 is 0 Å². The molecule has 4 nitrogen and oxygen atoms in total. The molecule has 4 atom stereocenters. The molecule has 1 N–H and O–H groups in total. The Balaban J connectivity index is 1.95. The molecule has 2 heterocycles. The summed E-state index contributed by atoms with van der Waals surface area (Å²) in [6.07, 6.45) is 2.85. The van der Waals surface area contributed by atoms with Gasteiger partial charge < -0.3 is 14.6 Å². The van der Waals surface area contributed by atoms with Crippen molar-refractivity contribution in [2.75, 3.05) is 21.0 Å². The van der Waals surface area contributed by atoms with E-state index in [4.69, 9.17) is 9.47 Å². The molecule has 0 unspecified atom stereocenters. The number of rotatable bonds is 3. The fourth-order valence-corrected chi connectivity index (χ4v) is 2.73. The van der Waals surface area contributed by atoms with E-state index in [0.717, 1.165) is 19.3 Å². The van der Waals surface area contributed by atoms with E-state index in [0.29, 0.717) is 18.9 Å². The van der Waals surface area contributed by atoms with E-state index in [1.807, 2.05) is 0 Å². The largest absolute Gasteiger partial charge is 0.393 e. The van der Waals surface area contributed by atoms with E-state index in [9.17, 15) is 5.11 Å². The molecule has 0 aromatic rings. The van der Waals surface area contributed by atoms with E-state index in [1.54, 1.807) is 7.11 Å². The number of fused-ring (bicyclic) bond motifs is 2. The summed E-state index contributed by atoms with van der Waals surface area (Å²) >= 11 is 0. The summed E-state index contributed by atoms with van der Waals surface area (Å²) < 4.78 is 10.5. The topological polar surface area (TPSA) is 41.9 Å². The molecular formula is C10H19NO3. The SMILES string of the molecule is COCO[C@@H]1C[C@@H]2C[C@H](O)C[C@H]1N2C. The third kappa shape index (κ3) is 1.80. The van der Waals surface area contributed by atoms with Crippen molar-refractivity contribution in [3.05, 3.63) is 0 Å². The summed E-state index contributed by atoms with van der Waals surface area (Å²) in [5.41, 5.74) is 0. The van der Waals surface area contributed by atoms with Gasteiger partial charge in [0.2, 0.25) is 0 Å². The molecule has 2 saturated heterocycles. The van der Waals surface area contributed by atoms with Gasteiger partial charge in [0.15, 0.2) is 0 Å². The number of hydrogen-bond acceptors (Lipinski definition) is 4. The van der Waals surface area contributed by atoms with Gasteiger partial charge in [-0.3, -0.25) is 4.90 Å². The van der Waals surface area contributed by atoms with Gasteiger partial charge in [-0.25, -0.2) is 0 Å². The molecule has 2 bridgehead atoms. The van der Waals surface area contributed by atoms with Crippen LogP contribution >= 0.6 is 0 Å². The third-order valence-corrected chi connectivity index (χ3v) is 3.49. The van der Waals surface area contributed by atoms with Crippen molar-refractivity contribution in [1.82, 2.24) is 4.90 Å². The highest BCUT2D eigenvalue weighted by Gasteiger charge is 2.44. The maximum atomic E-state index is 9.64. The minimum atomic E-state index is -0.141. The number of piperidine rings is 1. The van der Waals surface area contributed by atoms with E-state index in [1.165, 1.54) is 0 Å². The van der Waals surface area contributed by atoms with Gasteiger partial charge in [-0.1, -0.05) is 0 Å².